The predicted molar refractivity (Wildman–Crippen MR) is 122 cm³/mol. The van der Waals surface area contributed by atoms with Gasteiger partial charge in [0.05, 0.1) is 11.9 Å². The van der Waals surface area contributed by atoms with Gasteiger partial charge in [-0.05, 0) is 59.2 Å². The number of hydrogen-bond donors (Lipinski definition) is 1. The number of nitrogens with zero attached hydrogens (tertiary/aromatic N) is 1. The van der Waals surface area contributed by atoms with Crippen LogP contribution in [-0.4, -0.2) is 6.21 Å². The number of rotatable bonds is 6. The van der Waals surface area contributed by atoms with Gasteiger partial charge in [-0.25, -0.2) is 4.39 Å². The molecule has 0 unspecified atom stereocenters. The van der Waals surface area contributed by atoms with E-state index < -0.39 is 0 Å². The SMILES string of the molecule is Cc1ccc(NN=Cc2c(OCc3ccc(F)cc3)ccc3ccccc23)cc1Cl. The van der Waals surface area contributed by atoms with E-state index in [1.165, 1.54) is 12.1 Å². The molecule has 150 valence electrons. The lowest BCUT2D eigenvalue weighted by atomic mass is 10.0. The summed E-state index contributed by atoms with van der Waals surface area (Å²) in [7, 11) is 0. The number of aryl methyl sites for hydroxylation is 1. The highest BCUT2D eigenvalue weighted by molar-refractivity contribution is 6.31. The van der Waals surface area contributed by atoms with Crippen molar-refractivity contribution in [2.75, 3.05) is 5.43 Å². The van der Waals surface area contributed by atoms with Gasteiger partial charge >= 0.3 is 0 Å². The molecule has 0 fully saturated rings. The number of benzene rings is 4. The van der Waals surface area contributed by atoms with Crippen LogP contribution < -0.4 is 10.2 Å². The van der Waals surface area contributed by atoms with Gasteiger partial charge in [0.1, 0.15) is 18.2 Å². The lowest BCUT2D eigenvalue weighted by Crippen LogP contribution is -2.00. The van der Waals surface area contributed by atoms with Gasteiger partial charge in [0.15, 0.2) is 0 Å². The Labute approximate surface area is 179 Å². The second kappa shape index (κ2) is 8.97. The zero-order valence-electron chi connectivity index (χ0n) is 16.4. The van der Waals surface area contributed by atoms with Gasteiger partial charge in [-0.2, -0.15) is 5.10 Å². The number of ether oxygens (including phenoxy) is 1. The quantitative estimate of drug-likeness (QED) is 0.271. The maximum atomic E-state index is 13.1. The molecule has 0 aromatic heterocycles. The van der Waals surface area contributed by atoms with E-state index in [4.69, 9.17) is 16.3 Å². The Morgan fingerprint density at radius 2 is 1.80 bits per heavy atom. The topological polar surface area (TPSA) is 33.6 Å². The van der Waals surface area contributed by atoms with Crippen LogP contribution >= 0.6 is 11.6 Å². The van der Waals surface area contributed by atoms with Crippen molar-refractivity contribution in [3.05, 3.63) is 106 Å². The first-order valence-corrected chi connectivity index (χ1v) is 9.92. The summed E-state index contributed by atoms with van der Waals surface area (Å²) < 4.78 is 19.2. The first kappa shape index (κ1) is 19.9. The lowest BCUT2D eigenvalue weighted by molar-refractivity contribution is 0.306. The van der Waals surface area contributed by atoms with Crippen molar-refractivity contribution >= 4 is 34.3 Å². The Morgan fingerprint density at radius 1 is 1.00 bits per heavy atom. The molecule has 0 heterocycles. The fourth-order valence-electron chi connectivity index (χ4n) is 3.11. The van der Waals surface area contributed by atoms with Crippen molar-refractivity contribution in [3.8, 4) is 5.75 Å². The molecule has 0 saturated heterocycles. The van der Waals surface area contributed by atoms with Gasteiger partial charge in [0, 0.05) is 10.6 Å². The van der Waals surface area contributed by atoms with Gasteiger partial charge in [-0.15, -0.1) is 0 Å². The highest BCUT2D eigenvalue weighted by atomic mass is 35.5. The van der Waals surface area contributed by atoms with Gasteiger partial charge < -0.3 is 4.74 Å². The first-order chi connectivity index (χ1) is 14.6. The normalized spacial score (nSPS) is 11.2. The average Bonchev–Trinajstić information content (AvgIpc) is 2.76. The molecule has 0 aliphatic heterocycles. The van der Waals surface area contributed by atoms with Gasteiger partial charge in [-0.1, -0.05) is 60.1 Å². The van der Waals surface area contributed by atoms with E-state index in [-0.39, 0.29) is 5.82 Å². The molecule has 0 amide bonds. The van der Waals surface area contributed by atoms with E-state index in [1.807, 2.05) is 61.5 Å². The minimum Gasteiger partial charge on any atom is -0.488 e. The zero-order chi connectivity index (χ0) is 20.9. The third-order valence-corrected chi connectivity index (χ3v) is 5.20. The van der Waals surface area contributed by atoms with E-state index in [1.54, 1.807) is 18.3 Å². The van der Waals surface area contributed by atoms with E-state index in [9.17, 15) is 4.39 Å². The summed E-state index contributed by atoms with van der Waals surface area (Å²) in [6.45, 7) is 2.29. The van der Waals surface area contributed by atoms with Crippen molar-refractivity contribution in [1.82, 2.24) is 0 Å². The van der Waals surface area contributed by atoms with Crippen molar-refractivity contribution < 1.29 is 9.13 Å². The molecular formula is C25H20ClFN2O. The first-order valence-electron chi connectivity index (χ1n) is 9.54. The van der Waals surface area contributed by atoms with Gasteiger partial charge in [-0.3, -0.25) is 5.43 Å². The van der Waals surface area contributed by atoms with Crippen molar-refractivity contribution in [2.24, 2.45) is 5.10 Å². The van der Waals surface area contributed by atoms with E-state index in [0.29, 0.717) is 17.4 Å². The molecule has 4 aromatic rings. The van der Waals surface area contributed by atoms with E-state index >= 15 is 0 Å². The van der Waals surface area contributed by atoms with Crippen molar-refractivity contribution in [3.63, 3.8) is 0 Å². The van der Waals surface area contributed by atoms with Crippen LogP contribution in [0.5, 0.6) is 5.75 Å². The molecule has 0 bridgehead atoms. The molecule has 4 aromatic carbocycles. The molecule has 5 heteroatoms. The maximum absolute atomic E-state index is 13.1. The van der Waals surface area contributed by atoms with Crippen LogP contribution in [0.25, 0.3) is 10.8 Å². The summed E-state index contributed by atoms with van der Waals surface area (Å²) in [4.78, 5) is 0. The third kappa shape index (κ3) is 4.61. The second-order valence-electron chi connectivity index (χ2n) is 6.95. The lowest BCUT2D eigenvalue weighted by Gasteiger charge is -2.12. The standard InChI is InChI=1S/C25H20ClFN2O/c1-17-6-12-21(14-24(17)26)29-28-15-23-22-5-3-2-4-19(22)9-13-25(23)30-16-18-7-10-20(27)11-8-18/h2-15,29H,16H2,1H3. The Balaban J connectivity index is 1.61. The number of hydrazone groups is 1. The summed E-state index contributed by atoms with van der Waals surface area (Å²) in [5.74, 6) is 0.435. The number of hydrogen-bond acceptors (Lipinski definition) is 3. The Kier molecular flexibility index (Phi) is 5.96. The summed E-state index contributed by atoms with van der Waals surface area (Å²) in [6, 6.07) is 24.0. The molecule has 0 spiro atoms. The molecule has 4 rings (SSSR count). The smallest absolute Gasteiger partial charge is 0.129 e. The van der Waals surface area contributed by atoms with Crippen LogP contribution in [0.4, 0.5) is 10.1 Å². The Bertz CT molecular complexity index is 1210. The fraction of sp³-hybridized carbons (Fsp3) is 0.0800. The van der Waals surface area contributed by atoms with Crippen molar-refractivity contribution in [2.45, 2.75) is 13.5 Å². The van der Waals surface area contributed by atoms with E-state index in [2.05, 4.69) is 10.5 Å². The summed E-state index contributed by atoms with van der Waals surface area (Å²) in [5, 5.41) is 7.20. The van der Waals surface area contributed by atoms with Gasteiger partial charge in [0.2, 0.25) is 0 Å². The highest BCUT2D eigenvalue weighted by Crippen LogP contribution is 2.28. The molecule has 0 saturated carbocycles. The number of fused-ring (bicyclic) bond motifs is 1. The molecule has 30 heavy (non-hydrogen) atoms. The molecule has 3 nitrogen and oxygen atoms in total. The maximum Gasteiger partial charge on any atom is 0.129 e. The fourth-order valence-corrected chi connectivity index (χ4v) is 3.29. The summed E-state index contributed by atoms with van der Waals surface area (Å²) in [5.41, 5.74) is 6.58. The minimum atomic E-state index is -0.264. The monoisotopic (exact) mass is 418 g/mol. The Morgan fingerprint density at radius 3 is 2.60 bits per heavy atom. The molecular weight excluding hydrogens is 399 g/mol. The third-order valence-electron chi connectivity index (χ3n) is 4.80. The number of anilines is 1. The average molecular weight is 419 g/mol. The van der Waals surface area contributed by atoms with Crippen LogP contribution in [0.3, 0.4) is 0 Å². The summed E-state index contributed by atoms with van der Waals surface area (Å²) in [6.07, 6.45) is 1.75. The molecule has 0 aliphatic rings. The van der Waals surface area contributed by atoms with Crippen LogP contribution in [0.1, 0.15) is 16.7 Å². The molecule has 1 N–H and O–H groups in total. The summed E-state index contributed by atoms with van der Waals surface area (Å²) >= 11 is 6.19. The highest BCUT2D eigenvalue weighted by Gasteiger charge is 2.08. The molecule has 0 aliphatic carbocycles. The largest absolute Gasteiger partial charge is 0.488 e. The Hall–Kier alpha value is -3.37. The second-order valence-corrected chi connectivity index (χ2v) is 7.35. The van der Waals surface area contributed by atoms with Crippen LogP contribution in [0.2, 0.25) is 5.02 Å². The van der Waals surface area contributed by atoms with Crippen molar-refractivity contribution in [1.29, 1.82) is 0 Å². The van der Waals surface area contributed by atoms with Crippen LogP contribution in [0.15, 0.2) is 84.0 Å². The number of nitrogens with one attached hydrogen (secondary N) is 1. The number of halogens is 2. The molecule has 0 radical (unpaired) electrons. The zero-order valence-corrected chi connectivity index (χ0v) is 17.2. The predicted octanol–water partition coefficient (Wildman–Crippen LogP) is 6.97. The molecule has 0 atom stereocenters. The van der Waals surface area contributed by atoms with Gasteiger partial charge in [0.25, 0.3) is 0 Å². The van der Waals surface area contributed by atoms with E-state index in [0.717, 1.165) is 33.2 Å². The van der Waals surface area contributed by atoms with Crippen LogP contribution in [0, 0.1) is 12.7 Å². The minimum absolute atomic E-state index is 0.264. The van der Waals surface area contributed by atoms with Crippen LogP contribution in [-0.2, 0) is 6.61 Å².